The van der Waals surface area contributed by atoms with E-state index < -0.39 is 5.97 Å². The first kappa shape index (κ1) is 17.7. The van der Waals surface area contributed by atoms with Gasteiger partial charge in [0.2, 0.25) is 0 Å². The molecule has 1 heterocycles. The maximum Gasteiger partial charge on any atom is 0.335 e. The molecule has 1 atom stereocenters. The van der Waals surface area contributed by atoms with Crippen molar-refractivity contribution < 1.29 is 9.90 Å². The minimum atomic E-state index is -0.894. The molecular weight excluding hydrogens is 288 g/mol. The third kappa shape index (κ3) is 5.17. The van der Waals surface area contributed by atoms with Gasteiger partial charge < -0.3 is 5.11 Å². The summed E-state index contributed by atoms with van der Waals surface area (Å²) in [7, 11) is 0. The molecule has 1 fully saturated rings. The largest absolute Gasteiger partial charge is 0.478 e. The molecule has 0 spiro atoms. The summed E-state index contributed by atoms with van der Waals surface area (Å²) >= 11 is 0. The van der Waals surface area contributed by atoms with E-state index in [9.17, 15) is 4.79 Å². The lowest BCUT2D eigenvalue weighted by Gasteiger charge is -2.31. The summed E-state index contributed by atoms with van der Waals surface area (Å²) in [6.45, 7) is 8.32. The van der Waals surface area contributed by atoms with E-state index in [1.54, 1.807) is 18.2 Å². The highest BCUT2D eigenvalue weighted by atomic mass is 16.4. The second kappa shape index (κ2) is 8.25. The fourth-order valence-electron chi connectivity index (χ4n) is 3.19. The summed E-state index contributed by atoms with van der Waals surface area (Å²) in [6, 6.07) is 5.72. The van der Waals surface area contributed by atoms with Gasteiger partial charge >= 0.3 is 5.97 Å². The van der Waals surface area contributed by atoms with Crippen LogP contribution in [0.25, 0.3) is 0 Å². The van der Waals surface area contributed by atoms with Crippen molar-refractivity contribution in [1.29, 1.82) is 0 Å². The van der Waals surface area contributed by atoms with Gasteiger partial charge in [-0.25, -0.2) is 4.79 Å². The molecule has 1 aromatic rings. The Morgan fingerprint density at radius 1 is 1.30 bits per heavy atom. The van der Waals surface area contributed by atoms with E-state index in [0.717, 1.165) is 30.1 Å². The number of benzene rings is 1. The second-order valence-electron chi connectivity index (χ2n) is 6.68. The normalized spacial score (nSPS) is 20.8. The Morgan fingerprint density at radius 3 is 2.74 bits per heavy atom. The average molecular weight is 316 g/mol. The van der Waals surface area contributed by atoms with Crippen molar-refractivity contribution >= 4 is 17.4 Å². The molecule has 1 saturated heterocycles. The second-order valence-corrected chi connectivity index (χ2v) is 6.68. The predicted molar refractivity (Wildman–Crippen MR) is 95.0 cm³/mol. The summed E-state index contributed by atoms with van der Waals surface area (Å²) in [4.78, 5) is 18.3. The lowest BCUT2D eigenvalue weighted by Crippen LogP contribution is -2.38. The van der Waals surface area contributed by atoms with E-state index in [-0.39, 0.29) is 0 Å². The summed E-state index contributed by atoms with van der Waals surface area (Å²) in [6.07, 6.45) is 6.54. The van der Waals surface area contributed by atoms with Gasteiger partial charge in [0.15, 0.2) is 0 Å². The van der Waals surface area contributed by atoms with E-state index in [0.29, 0.717) is 11.6 Å². The number of likely N-dealkylation sites (tertiary alicyclic amines) is 1. The Labute approximate surface area is 139 Å². The lowest BCUT2D eigenvalue weighted by atomic mass is 10.0. The fraction of sp³-hybridized carbons (Fsp3) is 0.579. The Balaban J connectivity index is 2.08. The van der Waals surface area contributed by atoms with Crippen LogP contribution >= 0.6 is 0 Å². The Kier molecular flexibility index (Phi) is 6.34. The van der Waals surface area contributed by atoms with Crippen molar-refractivity contribution in [3.63, 3.8) is 0 Å². The Morgan fingerprint density at radius 2 is 2.04 bits per heavy atom. The van der Waals surface area contributed by atoms with E-state index in [1.807, 2.05) is 6.92 Å². The lowest BCUT2D eigenvalue weighted by molar-refractivity contribution is 0.0697. The summed E-state index contributed by atoms with van der Waals surface area (Å²) < 4.78 is 0. The maximum absolute atomic E-state index is 11.0. The topological polar surface area (TPSA) is 52.9 Å². The van der Waals surface area contributed by atoms with Crippen LogP contribution in [-0.2, 0) is 0 Å². The first-order valence-corrected chi connectivity index (χ1v) is 8.59. The number of carboxylic acids is 1. The number of hydrogen-bond acceptors (Lipinski definition) is 3. The SMILES string of the molecule is CC(CN1CCCCCCC1C)=Nc1ccc(C(=O)O)cc1C. The number of rotatable bonds is 4. The highest BCUT2D eigenvalue weighted by Gasteiger charge is 2.16. The van der Waals surface area contributed by atoms with Crippen LogP contribution in [0.15, 0.2) is 23.2 Å². The smallest absolute Gasteiger partial charge is 0.335 e. The van der Waals surface area contributed by atoms with Crippen molar-refractivity contribution in [1.82, 2.24) is 4.90 Å². The molecule has 1 aliphatic heterocycles. The van der Waals surface area contributed by atoms with Crippen LogP contribution < -0.4 is 0 Å². The van der Waals surface area contributed by atoms with Crippen LogP contribution in [-0.4, -0.2) is 40.8 Å². The zero-order valence-corrected chi connectivity index (χ0v) is 14.5. The molecule has 1 N–H and O–H groups in total. The van der Waals surface area contributed by atoms with Gasteiger partial charge in [-0.3, -0.25) is 9.89 Å². The summed E-state index contributed by atoms with van der Waals surface area (Å²) in [5.41, 5.74) is 3.18. The average Bonchev–Trinajstić information content (AvgIpc) is 2.49. The zero-order valence-electron chi connectivity index (χ0n) is 14.5. The summed E-state index contributed by atoms with van der Waals surface area (Å²) in [5, 5.41) is 9.03. The molecule has 1 aliphatic rings. The predicted octanol–water partition coefficient (Wildman–Crippen LogP) is 4.44. The molecule has 0 saturated carbocycles. The molecule has 0 aliphatic carbocycles. The van der Waals surface area contributed by atoms with Crippen LogP contribution in [0, 0.1) is 6.92 Å². The van der Waals surface area contributed by atoms with Crippen molar-refractivity contribution in [3.05, 3.63) is 29.3 Å². The van der Waals surface area contributed by atoms with Gasteiger partial charge in [0, 0.05) is 18.3 Å². The first-order valence-electron chi connectivity index (χ1n) is 8.59. The minimum absolute atomic E-state index is 0.316. The van der Waals surface area contributed by atoms with Crippen molar-refractivity contribution in [2.45, 2.75) is 58.9 Å². The van der Waals surface area contributed by atoms with Gasteiger partial charge in [0.1, 0.15) is 0 Å². The molecule has 1 unspecified atom stereocenters. The molecule has 23 heavy (non-hydrogen) atoms. The molecule has 0 bridgehead atoms. The van der Waals surface area contributed by atoms with Crippen LogP contribution in [0.4, 0.5) is 5.69 Å². The molecule has 0 amide bonds. The molecule has 0 radical (unpaired) electrons. The van der Waals surface area contributed by atoms with Gasteiger partial charge in [-0.2, -0.15) is 0 Å². The van der Waals surface area contributed by atoms with Crippen molar-refractivity contribution in [2.75, 3.05) is 13.1 Å². The Bertz CT molecular complexity index is 581. The number of nitrogens with zero attached hydrogens (tertiary/aromatic N) is 2. The molecule has 4 heteroatoms. The van der Waals surface area contributed by atoms with E-state index in [4.69, 9.17) is 10.1 Å². The zero-order chi connectivity index (χ0) is 16.8. The number of aryl methyl sites for hydroxylation is 1. The van der Waals surface area contributed by atoms with Crippen molar-refractivity contribution in [3.8, 4) is 0 Å². The van der Waals surface area contributed by atoms with Gasteiger partial charge in [0.05, 0.1) is 11.3 Å². The monoisotopic (exact) mass is 316 g/mol. The van der Waals surface area contributed by atoms with Crippen LogP contribution in [0.5, 0.6) is 0 Å². The maximum atomic E-state index is 11.0. The standard InChI is InChI=1S/C19H28N2O2/c1-14-12-17(19(22)23)9-10-18(14)20-15(2)13-21-11-7-5-4-6-8-16(21)3/h9-10,12,16H,4-8,11,13H2,1-3H3,(H,22,23). The summed E-state index contributed by atoms with van der Waals surface area (Å²) in [5.74, 6) is -0.894. The van der Waals surface area contributed by atoms with Crippen LogP contribution in [0.1, 0.15) is 61.9 Å². The van der Waals surface area contributed by atoms with Crippen molar-refractivity contribution in [2.24, 2.45) is 4.99 Å². The van der Waals surface area contributed by atoms with Crippen LogP contribution in [0.3, 0.4) is 0 Å². The Hall–Kier alpha value is -1.68. The molecule has 0 aromatic heterocycles. The molecule has 2 rings (SSSR count). The van der Waals surface area contributed by atoms with Gasteiger partial charge in [-0.15, -0.1) is 0 Å². The molecule has 126 valence electrons. The van der Waals surface area contributed by atoms with E-state index in [2.05, 4.69) is 18.7 Å². The molecular formula is C19H28N2O2. The molecule has 1 aromatic carbocycles. The highest BCUT2D eigenvalue weighted by molar-refractivity contribution is 5.90. The van der Waals surface area contributed by atoms with Crippen LogP contribution in [0.2, 0.25) is 0 Å². The molecule has 4 nitrogen and oxygen atoms in total. The van der Waals surface area contributed by atoms with Gasteiger partial charge in [-0.1, -0.05) is 19.3 Å². The quantitative estimate of drug-likeness (QED) is 0.835. The van der Waals surface area contributed by atoms with E-state index >= 15 is 0 Å². The third-order valence-electron chi connectivity index (χ3n) is 4.63. The first-order chi connectivity index (χ1) is 11.0. The van der Waals surface area contributed by atoms with Gasteiger partial charge in [-0.05, 0) is 63.9 Å². The minimum Gasteiger partial charge on any atom is -0.478 e. The number of aliphatic imine (C=N–C) groups is 1. The third-order valence-corrected chi connectivity index (χ3v) is 4.63. The highest BCUT2D eigenvalue weighted by Crippen LogP contribution is 2.21. The van der Waals surface area contributed by atoms with E-state index in [1.165, 1.54) is 32.1 Å². The number of carboxylic acid groups (broad SMARTS) is 1. The fourth-order valence-corrected chi connectivity index (χ4v) is 3.19. The number of aromatic carboxylic acids is 1. The number of hydrogen-bond donors (Lipinski definition) is 1. The van der Waals surface area contributed by atoms with Gasteiger partial charge in [0.25, 0.3) is 0 Å². The number of carbonyl (C=O) groups is 1.